The monoisotopic (exact) mass is 807 g/mol. The van der Waals surface area contributed by atoms with E-state index in [1.807, 2.05) is 79.0 Å². The molecule has 8 aromatic carbocycles. The largest absolute Gasteiger partial charge is 0.454 e. The SMILES string of the molecule is c1ccc(-c2nc(Cc3cc(-c4c(-c5ccccc5)cccc4-c4ccccc4)cnc3-n3c4ccccc4c4ccc5c6ccccc6oc5c43)nc(-c3ccccc3)n2)cc1. The van der Waals surface area contributed by atoms with Crippen LogP contribution in [-0.2, 0) is 6.42 Å². The molecule has 0 saturated heterocycles. The summed E-state index contributed by atoms with van der Waals surface area (Å²) in [5, 5.41) is 4.34. The molecule has 0 atom stereocenters. The molecule has 63 heavy (non-hydrogen) atoms. The fourth-order valence-corrected chi connectivity index (χ4v) is 9.10. The summed E-state index contributed by atoms with van der Waals surface area (Å²) in [5.41, 5.74) is 13.0. The molecule has 0 aliphatic heterocycles. The first-order valence-corrected chi connectivity index (χ1v) is 21.2. The Labute approximate surface area is 363 Å². The minimum Gasteiger partial charge on any atom is -0.454 e. The molecule has 0 fully saturated rings. The number of aromatic nitrogens is 5. The maximum Gasteiger partial charge on any atom is 0.163 e. The van der Waals surface area contributed by atoms with Crippen LogP contribution in [0, 0.1) is 0 Å². The molecule has 0 aliphatic carbocycles. The van der Waals surface area contributed by atoms with Crippen LogP contribution in [0.25, 0.3) is 106 Å². The van der Waals surface area contributed by atoms with Gasteiger partial charge < -0.3 is 4.42 Å². The lowest BCUT2D eigenvalue weighted by molar-refractivity contribution is 0.671. The summed E-state index contributed by atoms with van der Waals surface area (Å²) in [6.45, 7) is 0. The molecule has 0 radical (unpaired) electrons. The van der Waals surface area contributed by atoms with Crippen LogP contribution in [0.3, 0.4) is 0 Å². The number of para-hydroxylation sites is 2. The topological polar surface area (TPSA) is 69.6 Å². The van der Waals surface area contributed by atoms with Gasteiger partial charge in [0.25, 0.3) is 0 Å². The van der Waals surface area contributed by atoms with Gasteiger partial charge in [-0.3, -0.25) is 4.57 Å². The van der Waals surface area contributed by atoms with E-state index in [1.165, 1.54) is 0 Å². The molecular formula is C57H37N5O. The molecule has 4 aromatic heterocycles. The van der Waals surface area contributed by atoms with Gasteiger partial charge in [-0.05, 0) is 52.1 Å². The van der Waals surface area contributed by atoms with E-state index in [4.69, 9.17) is 24.4 Å². The third-order valence-electron chi connectivity index (χ3n) is 12.0. The van der Waals surface area contributed by atoms with Crippen LogP contribution >= 0.6 is 0 Å². The third-order valence-corrected chi connectivity index (χ3v) is 12.0. The van der Waals surface area contributed by atoms with Gasteiger partial charge in [0.05, 0.1) is 11.0 Å². The van der Waals surface area contributed by atoms with Crippen molar-refractivity contribution in [3.05, 3.63) is 224 Å². The molecule has 12 aromatic rings. The summed E-state index contributed by atoms with van der Waals surface area (Å²) in [6.07, 6.45) is 2.40. The number of hydrogen-bond donors (Lipinski definition) is 0. The fourth-order valence-electron chi connectivity index (χ4n) is 9.10. The first-order chi connectivity index (χ1) is 31.2. The molecule has 0 aliphatic rings. The highest BCUT2D eigenvalue weighted by molar-refractivity contribution is 6.21. The average molecular weight is 808 g/mol. The predicted molar refractivity (Wildman–Crippen MR) is 256 cm³/mol. The molecule has 4 heterocycles. The minimum atomic E-state index is 0.372. The van der Waals surface area contributed by atoms with Gasteiger partial charge in [0.2, 0.25) is 0 Å². The Bertz CT molecular complexity index is 3520. The molecule has 0 N–H and O–H groups in total. The summed E-state index contributed by atoms with van der Waals surface area (Å²) < 4.78 is 9.07. The summed E-state index contributed by atoms with van der Waals surface area (Å²) in [6, 6.07) is 71.5. The Kier molecular flexibility index (Phi) is 8.78. The van der Waals surface area contributed by atoms with Gasteiger partial charge in [-0.25, -0.2) is 19.9 Å². The van der Waals surface area contributed by atoms with E-state index in [2.05, 4.69) is 138 Å². The van der Waals surface area contributed by atoms with Crippen molar-refractivity contribution >= 4 is 43.7 Å². The van der Waals surface area contributed by atoms with Gasteiger partial charge in [-0.15, -0.1) is 0 Å². The van der Waals surface area contributed by atoms with Crippen LogP contribution in [0.4, 0.5) is 0 Å². The molecule has 0 spiro atoms. The van der Waals surface area contributed by atoms with Crippen LogP contribution < -0.4 is 0 Å². The summed E-state index contributed by atoms with van der Waals surface area (Å²) in [7, 11) is 0. The number of pyridine rings is 1. The van der Waals surface area contributed by atoms with E-state index in [9.17, 15) is 0 Å². The normalized spacial score (nSPS) is 11.6. The lowest BCUT2D eigenvalue weighted by Gasteiger charge is -2.19. The Morgan fingerprint density at radius 3 is 1.60 bits per heavy atom. The maximum atomic E-state index is 6.79. The van der Waals surface area contributed by atoms with Crippen molar-refractivity contribution in [3.63, 3.8) is 0 Å². The first kappa shape index (κ1) is 36.4. The van der Waals surface area contributed by atoms with Gasteiger partial charge in [-0.2, -0.15) is 0 Å². The number of hydrogen-bond acceptors (Lipinski definition) is 5. The number of benzene rings is 8. The second-order valence-electron chi connectivity index (χ2n) is 15.8. The van der Waals surface area contributed by atoms with Crippen molar-refractivity contribution in [1.82, 2.24) is 24.5 Å². The van der Waals surface area contributed by atoms with E-state index in [-0.39, 0.29) is 0 Å². The van der Waals surface area contributed by atoms with Crippen LogP contribution in [0.15, 0.2) is 217 Å². The van der Waals surface area contributed by atoms with E-state index in [1.54, 1.807) is 0 Å². The Morgan fingerprint density at radius 2 is 0.968 bits per heavy atom. The number of nitrogens with zero attached hydrogens (tertiary/aromatic N) is 5. The molecule has 6 nitrogen and oxygen atoms in total. The minimum absolute atomic E-state index is 0.372. The zero-order valence-corrected chi connectivity index (χ0v) is 34.1. The van der Waals surface area contributed by atoms with Crippen LogP contribution in [0.2, 0.25) is 0 Å². The predicted octanol–water partition coefficient (Wildman–Crippen LogP) is 14.2. The molecule has 6 heteroatoms. The van der Waals surface area contributed by atoms with Crippen molar-refractivity contribution in [2.24, 2.45) is 0 Å². The zero-order valence-electron chi connectivity index (χ0n) is 34.1. The van der Waals surface area contributed by atoms with Gasteiger partial charge >= 0.3 is 0 Å². The molecular weight excluding hydrogens is 771 g/mol. The lowest BCUT2D eigenvalue weighted by Crippen LogP contribution is -2.08. The van der Waals surface area contributed by atoms with E-state index >= 15 is 0 Å². The zero-order chi connectivity index (χ0) is 41.7. The van der Waals surface area contributed by atoms with Gasteiger partial charge in [-0.1, -0.05) is 182 Å². The van der Waals surface area contributed by atoms with Crippen LogP contribution in [0.1, 0.15) is 11.4 Å². The quantitative estimate of drug-likeness (QED) is 0.153. The first-order valence-electron chi connectivity index (χ1n) is 21.2. The highest BCUT2D eigenvalue weighted by Crippen LogP contribution is 2.43. The Hall–Kier alpha value is -8.48. The standard InChI is InChI=1S/C57H37N5O/c1-5-18-37(19-6-1)43-28-17-29-44(38-20-7-2-8-21-38)52(43)42-34-41(35-51-59-55(39-22-9-3-10-23-39)61-56(60-51)40-24-11-4-12-25-40)57(58-36-42)62-49-30-15-13-26-45(49)47-32-33-48-46-27-14-16-31-50(46)63-54(48)53(47)62/h1-34,36H,35H2. The van der Waals surface area contributed by atoms with E-state index in [0.29, 0.717) is 23.9 Å². The van der Waals surface area contributed by atoms with Gasteiger partial charge in [0.1, 0.15) is 17.2 Å². The number of rotatable bonds is 8. The third kappa shape index (κ3) is 6.35. The summed E-state index contributed by atoms with van der Waals surface area (Å²) in [4.78, 5) is 21.0. The van der Waals surface area contributed by atoms with Gasteiger partial charge in [0, 0.05) is 56.4 Å². The Balaban J connectivity index is 1.16. The van der Waals surface area contributed by atoms with Crippen LogP contribution in [-0.4, -0.2) is 24.5 Å². The van der Waals surface area contributed by atoms with Crippen molar-refractivity contribution in [3.8, 4) is 62.0 Å². The molecule has 296 valence electrons. The molecule has 12 rings (SSSR count). The summed E-state index contributed by atoms with van der Waals surface area (Å²) >= 11 is 0. The fraction of sp³-hybridized carbons (Fsp3) is 0.0175. The Morgan fingerprint density at radius 1 is 0.429 bits per heavy atom. The second kappa shape index (κ2) is 15.2. The number of fused-ring (bicyclic) bond motifs is 7. The molecule has 0 amide bonds. The average Bonchev–Trinajstić information content (AvgIpc) is 3.91. The van der Waals surface area contributed by atoms with Crippen LogP contribution in [0.5, 0.6) is 0 Å². The molecule has 0 bridgehead atoms. The molecule has 0 unspecified atom stereocenters. The van der Waals surface area contributed by atoms with Crippen molar-refractivity contribution in [1.29, 1.82) is 0 Å². The highest BCUT2D eigenvalue weighted by Gasteiger charge is 2.24. The highest BCUT2D eigenvalue weighted by atomic mass is 16.3. The van der Waals surface area contributed by atoms with Crippen molar-refractivity contribution in [2.45, 2.75) is 6.42 Å². The molecule has 0 saturated carbocycles. The van der Waals surface area contributed by atoms with E-state index < -0.39 is 0 Å². The number of furan rings is 1. The lowest BCUT2D eigenvalue weighted by atomic mass is 9.87. The van der Waals surface area contributed by atoms with Crippen molar-refractivity contribution < 1.29 is 4.42 Å². The van der Waals surface area contributed by atoms with E-state index in [0.717, 1.165) is 99.6 Å². The van der Waals surface area contributed by atoms with Gasteiger partial charge in [0.15, 0.2) is 17.2 Å². The smallest absolute Gasteiger partial charge is 0.163 e. The van der Waals surface area contributed by atoms with Crippen molar-refractivity contribution in [2.75, 3.05) is 0 Å². The second-order valence-corrected chi connectivity index (χ2v) is 15.8. The summed E-state index contributed by atoms with van der Waals surface area (Å²) in [5.74, 6) is 2.65. The maximum absolute atomic E-state index is 6.79.